The van der Waals surface area contributed by atoms with Crippen LogP contribution in [-0.4, -0.2) is 19.9 Å². The van der Waals surface area contributed by atoms with Gasteiger partial charge in [-0.15, -0.1) is 0 Å². The second-order valence-electron chi connectivity index (χ2n) is 4.35. The molecule has 0 aliphatic heterocycles. The van der Waals surface area contributed by atoms with Gasteiger partial charge in [0.05, 0.1) is 11.1 Å². The number of primary sulfonamides is 1. The van der Waals surface area contributed by atoms with Crippen LogP contribution in [0.25, 0.3) is 0 Å². The monoisotopic (exact) mass is 313 g/mol. The smallest absolute Gasteiger partial charge is 0.238 e. The van der Waals surface area contributed by atoms with Gasteiger partial charge in [0, 0.05) is 12.6 Å². The van der Waals surface area contributed by atoms with Crippen LogP contribution in [0.1, 0.15) is 5.56 Å². The molecule has 2 rings (SSSR count). The van der Waals surface area contributed by atoms with E-state index in [2.05, 4.69) is 10.3 Å². The maximum Gasteiger partial charge on any atom is 0.238 e. The standard InChI is InChI=1S/C13H13F2N3O2S/c14-10-7-12(15)13(18-8-10)17-6-5-9-1-3-11(4-2-9)21(16,19)20/h1-4,7-8H,5-6H2,(H,17,18)(H2,16,19,20). The van der Waals surface area contributed by atoms with Crippen molar-refractivity contribution in [3.05, 3.63) is 53.7 Å². The van der Waals surface area contributed by atoms with E-state index < -0.39 is 21.7 Å². The molecule has 2 aromatic rings. The van der Waals surface area contributed by atoms with Crippen molar-refractivity contribution in [1.82, 2.24) is 4.98 Å². The average Bonchev–Trinajstić information content (AvgIpc) is 2.41. The first kappa shape index (κ1) is 15.3. The van der Waals surface area contributed by atoms with E-state index in [-0.39, 0.29) is 10.7 Å². The van der Waals surface area contributed by atoms with Crippen LogP contribution in [0, 0.1) is 11.6 Å². The van der Waals surface area contributed by atoms with Crippen molar-refractivity contribution in [1.29, 1.82) is 0 Å². The highest BCUT2D eigenvalue weighted by atomic mass is 32.2. The minimum absolute atomic E-state index is 0.0300. The van der Waals surface area contributed by atoms with E-state index in [0.717, 1.165) is 17.8 Å². The fourth-order valence-electron chi connectivity index (χ4n) is 1.72. The maximum absolute atomic E-state index is 13.3. The summed E-state index contributed by atoms with van der Waals surface area (Å²) in [5.74, 6) is -1.53. The number of rotatable bonds is 5. The number of nitrogens with zero attached hydrogens (tertiary/aromatic N) is 1. The van der Waals surface area contributed by atoms with Crippen LogP contribution < -0.4 is 10.5 Å². The molecule has 0 aliphatic rings. The Hall–Kier alpha value is -2.06. The second kappa shape index (κ2) is 6.15. The third-order valence-corrected chi connectivity index (χ3v) is 3.70. The molecular formula is C13H13F2N3O2S. The Morgan fingerprint density at radius 1 is 1.19 bits per heavy atom. The molecule has 0 unspecified atom stereocenters. The van der Waals surface area contributed by atoms with Gasteiger partial charge in [-0.1, -0.05) is 12.1 Å². The Morgan fingerprint density at radius 2 is 1.86 bits per heavy atom. The molecule has 0 bridgehead atoms. The number of hydrogen-bond acceptors (Lipinski definition) is 4. The second-order valence-corrected chi connectivity index (χ2v) is 5.91. The molecule has 1 heterocycles. The van der Waals surface area contributed by atoms with Crippen LogP contribution in [0.4, 0.5) is 14.6 Å². The lowest BCUT2D eigenvalue weighted by atomic mass is 10.1. The molecule has 0 atom stereocenters. The van der Waals surface area contributed by atoms with Crippen LogP contribution >= 0.6 is 0 Å². The summed E-state index contributed by atoms with van der Waals surface area (Å²) in [5, 5.41) is 7.73. The number of benzene rings is 1. The van der Waals surface area contributed by atoms with Crippen molar-refractivity contribution in [2.45, 2.75) is 11.3 Å². The van der Waals surface area contributed by atoms with E-state index >= 15 is 0 Å². The van der Waals surface area contributed by atoms with Gasteiger partial charge in [-0.3, -0.25) is 0 Å². The zero-order chi connectivity index (χ0) is 15.5. The highest BCUT2D eigenvalue weighted by Gasteiger charge is 2.07. The lowest BCUT2D eigenvalue weighted by Gasteiger charge is -2.07. The average molecular weight is 313 g/mol. The highest BCUT2D eigenvalue weighted by Crippen LogP contribution is 2.12. The van der Waals surface area contributed by atoms with Gasteiger partial charge < -0.3 is 5.32 Å². The van der Waals surface area contributed by atoms with Gasteiger partial charge in [-0.05, 0) is 24.1 Å². The summed E-state index contributed by atoms with van der Waals surface area (Å²) in [6.45, 7) is 0.365. The van der Waals surface area contributed by atoms with E-state index in [9.17, 15) is 17.2 Å². The van der Waals surface area contributed by atoms with Gasteiger partial charge in [0.25, 0.3) is 0 Å². The Bertz CT molecular complexity index is 734. The summed E-state index contributed by atoms with van der Waals surface area (Å²) in [6.07, 6.45) is 1.44. The van der Waals surface area contributed by atoms with Crippen molar-refractivity contribution < 1.29 is 17.2 Å². The normalized spacial score (nSPS) is 11.4. The maximum atomic E-state index is 13.3. The minimum atomic E-state index is -3.70. The predicted molar refractivity (Wildman–Crippen MR) is 74.2 cm³/mol. The van der Waals surface area contributed by atoms with E-state index in [4.69, 9.17) is 5.14 Å². The summed E-state index contributed by atoms with van der Waals surface area (Å²) in [6, 6.07) is 6.80. The number of nitrogens with two attached hydrogens (primary N) is 1. The van der Waals surface area contributed by atoms with Crippen molar-refractivity contribution in [3.8, 4) is 0 Å². The first-order chi connectivity index (χ1) is 9.86. The molecule has 8 heteroatoms. The van der Waals surface area contributed by atoms with Crippen molar-refractivity contribution in [2.24, 2.45) is 5.14 Å². The number of aromatic nitrogens is 1. The minimum Gasteiger partial charge on any atom is -0.367 e. The number of sulfonamides is 1. The first-order valence-electron chi connectivity index (χ1n) is 6.03. The van der Waals surface area contributed by atoms with E-state index in [1.807, 2.05) is 0 Å². The van der Waals surface area contributed by atoms with Gasteiger partial charge in [0.1, 0.15) is 5.82 Å². The summed E-state index contributed by atoms with van der Waals surface area (Å²) in [7, 11) is -3.70. The zero-order valence-corrected chi connectivity index (χ0v) is 11.7. The molecule has 5 nitrogen and oxygen atoms in total. The van der Waals surface area contributed by atoms with E-state index in [0.29, 0.717) is 13.0 Å². The van der Waals surface area contributed by atoms with Crippen LogP contribution in [-0.2, 0) is 16.4 Å². The molecule has 112 valence electrons. The summed E-state index contributed by atoms with van der Waals surface area (Å²) < 4.78 is 48.2. The molecule has 0 saturated heterocycles. The SMILES string of the molecule is NS(=O)(=O)c1ccc(CCNc2ncc(F)cc2F)cc1. The van der Waals surface area contributed by atoms with Gasteiger partial charge in [0.2, 0.25) is 10.0 Å². The largest absolute Gasteiger partial charge is 0.367 e. The van der Waals surface area contributed by atoms with E-state index in [1.54, 1.807) is 12.1 Å². The first-order valence-corrected chi connectivity index (χ1v) is 7.57. The Morgan fingerprint density at radius 3 is 2.43 bits per heavy atom. The molecule has 3 N–H and O–H groups in total. The van der Waals surface area contributed by atoms with Gasteiger partial charge in [-0.2, -0.15) is 0 Å². The summed E-state index contributed by atoms with van der Waals surface area (Å²) in [4.78, 5) is 3.63. The molecule has 0 amide bonds. The molecule has 0 spiro atoms. The Kier molecular flexibility index (Phi) is 4.49. The number of hydrogen-bond donors (Lipinski definition) is 2. The van der Waals surface area contributed by atoms with Crippen LogP contribution in [0.2, 0.25) is 0 Å². The van der Waals surface area contributed by atoms with Crippen molar-refractivity contribution in [2.75, 3.05) is 11.9 Å². The van der Waals surface area contributed by atoms with Gasteiger partial charge in [-0.25, -0.2) is 27.3 Å². The highest BCUT2D eigenvalue weighted by molar-refractivity contribution is 7.89. The van der Waals surface area contributed by atoms with Gasteiger partial charge in [0.15, 0.2) is 11.6 Å². The lowest BCUT2D eigenvalue weighted by Crippen LogP contribution is -2.12. The molecule has 1 aromatic carbocycles. The third-order valence-electron chi connectivity index (χ3n) is 2.77. The number of halogens is 2. The molecule has 0 saturated carbocycles. The Labute approximate surface area is 120 Å². The van der Waals surface area contributed by atoms with Crippen LogP contribution in [0.5, 0.6) is 0 Å². The third kappa shape index (κ3) is 4.20. The fraction of sp³-hybridized carbons (Fsp3) is 0.154. The fourth-order valence-corrected chi connectivity index (χ4v) is 2.23. The zero-order valence-electron chi connectivity index (χ0n) is 10.9. The molecular weight excluding hydrogens is 300 g/mol. The van der Waals surface area contributed by atoms with Crippen molar-refractivity contribution >= 4 is 15.8 Å². The number of pyridine rings is 1. The molecule has 21 heavy (non-hydrogen) atoms. The molecule has 1 aromatic heterocycles. The Balaban J connectivity index is 1.94. The molecule has 0 fully saturated rings. The molecule has 0 radical (unpaired) electrons. The van der Waals surface area contributed by atoms with E-state index in [1.165, 1.54) is 12.1 Å². The summed E-state index contributed by atoms with van der Waals surface area (Å²) >= 11 is 0. The topological polar surface area (TPSA) is 85.1 Å². The predicted octanol–water partition coefficient (Wildman–Crippen LogP) is 1.66. The number of anilines is 1. The van der Waals surface area contributed by atoms with Crippen LogP contribution in [0.15, 0.2) is 41.4 Å². The lowest BCUT2D eigenvalue weighted by molar-refractivity contribution is 0.575. The number of nitrogens with one attached hydrogen (secondary N) is 1. The van der Waals surface area contributed by atoms with Crippen LogP contribution in [0.3, 0.4) is 0 Å². The molecule has 0 aliphatic carbocycles. The van der Waals surface area contributed by atoms with Crippen molar-refractivity contribution in [3.63, 3.8) is 0 Å². The summed E-state index contributed by atoms with van der Waals surface area (Å²) in [5.41, 5.74) is 0.845. The quantitative estimate of drug-likeness (QED) is 0.879. The van der Waals surface area contributed by atoms with Gasteiger partial charge >= 0.3 is 0 Å².